The van der Waals surface area contributed by atoms with Gasteiger partial charge in [-0.05, 0) is 69.5 Å². The molecule has 2 aliphatic heterocycles. The number of benzene rings is 1. The smallest absolute Gasteiger partial charge is 0.187 e. The Morgan fingerprint density at radius 2 is 1.89 bits per heavy atom. The van der Waals surface area contributed by atoms with Crippen LogP contribution < -0.4 is 0 Å². The quantitative estimate of drug-likeness (QED) is 0.224. The van der Waals surface area contributed by atoms with Crippen molar-refractivity contribution >= 4 is 28.3 Å². The van der Waals surface area contributed by atoms with Crippen LogP contribution in [0.4, 0.5) is 5.69 Å². The van der Waals surface area contributed by atoms with E-state index in [1.165, 1.54) is 6.42 Å². The number of ether oxygens (including phenoxy) is 1. The SMILES string of the molecule is [C-]#[N+]c1ccc(-n2c(C)c(C(=O)CN3CCCCC3)c3ncc(CCC(=O)CCC4CO4)cc32)cc1. The molecular weight excluding hydrogens is 452 g/mol. The summed E-state index contributed by atoms with van der Waals surface area (Å²) in [6.07, 6.45) is 8.03. The van der Waals surface area contributed by atoms with E-state index in [0.717, 1.165) is 61.4 Å². The molecule has 1 aromatic carbocycles. The number of carbonyl (C=O) groups excluding carboxylic acids is 2. The topological polar surface area (TPSA) is 72.1 Å². The van der Waals surface area contributed by atoms with Crippen molar-refractivity contribution in [1.29, 1.82) is 0 Å². The highest BCUT2D eigenvalue weighted by molar-refractivity contribution is 6.09. The Bertz CT molecular complexity index is 1310. The lowest BCUT2D eigenvalue weighted by molar-refractivity contribution is -0.119. The van der Waals surface area contributed by atoms with Gasteiger partial charge in [0.05, 0.1) is 42.4 Å². The molecule has 2 saturated heterocycles. The number of pyridine rings is 1. The first-order chi connectivity index (χ1) is 17.5. The first-order valence-corrected chi connectivity index (χ1v) is 12.9. The highest BCUT2D eigenvalue weighted by atomic mass is 16.6. The number of ketones is 2. The first-order valence-electron chi connectivity index (χ1n) is 12.9. The minimum Gasteiger partial charge on any atom is -0.373 e. The van der Waals surface area contributed by atoms with E-state index >= 15 is 0 Å². The van der Waals surface area contributed by atoms with Gasteiger partial charge in [-0.1, -0.05) is 18.6 Å². The van der Waals surface area contributed by atoms with Gasteiger partial charge in [-0.3, -0.25) is 19.5 Å². The summed E-state index contributed by atoms with van der Waals surface area (Å²) in [6, 6.07) is 9.47. The predicted octanol–water partition coefficient (Wildman–Crippen LogP) is 5.23. The summed E-state index contributed by atoms with van der Waals surface area (Å²) in [5.41, 5.74) is 5.52. The van der Waals surface area contributed by atoms with Gasteiger partial charge in [0, 0.05) is 30.4 Å². The van der Waals surface area contributed by atoms with Gasteiger partial charge in [0.15, 0.2) is 11.5 Å². The second kappa shape index (κ2) is 10.7. The van der Waals surface area contributed by atoms with Gasteiger partial charge < -0.3 is 9.30 Å². The number of fused-ring (bicyclic) bond motifs is 1. The molecule has 0 spiro atoms. The van der Waals surface area contributed by atoms with Crippen molar-refractivity contribution in [2.45, 2.75) is 58.0 Å². The second-order valence-corrected chi connectivity index (χ2v) is 9.93. The third kappa shape index (κ3) is 5.40. The molecule has 2 aliphatic rings. The summed E-state index contributed by atoms with van der Waals surface area (Å²) in [6.45, 7) is 12.3. The summed E-state index contributed by atoms with van der Waals surface area (Å²) >= 11 is 0. The molecule has 0 amide bonds. The Morgan fingerprint density at radius 3 is 2.58 bits per heavy atom. The fraction of sp³-hybridized carbons (Fsp3) is 0.448. The molecule has 5 rings (SSSR count). The number of aryl methyl sites for hydroxylation is 1. The van der Waals surface area contributed by atoms with E-state index in [0.29, 0.717) is 42.6 Å². The van der Waals surface area contributed by atoms with Crippen molar-refractivity contribution in [1.82, 2.24) is 14.5 Å². The summed E-state index contributed by atoms with van der Waals surface area (Å²) in [5.74, 6) is 0.331. The van der Waals surface area contributed by atoms with Gasteiger partial charge >= 0.3 is 0 Å². The number of aromatic nitrogens is 2. The van der Waals surface area contributed by atoms with Gasteiger partial charge in [0.1, 0.15) is 5.78 Å². The number of hydrogen-bond acceptors (Lipinski definition) is 5. The maximum Gasteiger partial charge on any atom is 0.187 e. The van der Waals surface area contributed by atoms with E-state index in [1.807, 2.05) is 25.3 Å². The van der Waals surface area contributed by atoms with E-state index in [4.69, 9.17) is 16.3 Å². The standard InChI is InChI=1S/C29H32N4O3/c1-20-28(27(35)18-32-14-4-3-5-15-32)29-26(33(20)23-9-7-22(30-2)8-10-23)16-21(17-31-29)6-11-24(34)12-13-25-19-36-25/h7-10,16-17,25H,3-6,11-15,18-19H2,1H3. The minimum atomic E-state index is 0.0913. The van der Waals surface area contributed by atoms with Gasteiger partial charge in [-0.15, -0.1) is 0 Å². The minimum absolute atomic E-state index is 0.0913. The van der Waals surface area contributed by atoms with Crippen LogP contribution in [0.25, 0.3) is 21.6 Å². The average molecular weight is 485 g/mol. The number of epoxide rings is 1. The van der Waals surface area contributed by atoms with E-state index in [-0.39, 0.29) is 17.7 Å². The third-order valence-electron chi connectivity index (χ3n) is 7.27. The molecule has 2 aromatic heterocycles. The lowest BCUT2D eigenvalue weighted by Crippen LogP contribution is -2.34. The summed E-state index contributed by atoms with van der Waals surface area (Å²) in [7, 11) is 0. The Morgan fingerprint density at radius 1 is 1.14 bits per heavy atom. The van der Waals surface area contributed by atoms with E-state index in [9.17, 15) is 9.59 Å². The lowest BCUT2D eigenvalue weighted by Gasteiger charge is -2.25. The van der Waals surface area contributed by atoms with Gasteiger partial charge in [0.2, 0.25) is 0 Å². The summed E-state index contributed by atoms with van der Waals surface area (Å²) in [5, 5.41) is 0. The summed E-state index contributed by atoms with van der Waals surface area (Å²) < 4.78 is 7.27. The Labute approximate surface area is 211 Å². The zero-order valence-corrected chi connectivity index (χ0v) is 20.8. The molecule has 0 radical (unpaired) electrons. The van der Waals surface area contributed by atoms with Gasteiger partial charge in [-0.2, -0.15) is 0 Å². The average Bonchev–Trinajstić information content (AvgIpc) is 3.68. The van der Waals surface area contributed by atoms with Gasteiger partial charge in [-0.25, -0.2) is 4.85 Å². The van der Waals surface area contributed by atoms with Crippen molar-refractivity contribution in [3.8, 4) is 5.69 Å². The van der Waals surface area contributed by atoms with Crippen LogP contribution in [-0.2, 0) is 16.0 Å². The predicted molar refractivity (Wildman–Crippen MR) is 139 cm³/mol. The van der Waals surface area contributed by atoms with Crippen LogP contribution in [-0.4, -0.2) is 58.4 Å². The monoisotopic (exact) mass is 484 g/mol. The zero-order valence-electron chi connectivity index (χ0n) is 20.8. The van der Waals surface area contributed by atoms with Gasteiger partial charge in [0.25, 0.3) is 0 Å². The number of piperidine rings is 1. The molecule has 36 heavy (non-hydrogen) atoms. The largest absolute Gasteiger partial charge is 0.373 e. The first kappa shape index (κ1) is 24.4. The molecular formula is C29H32N4O3. The molecule has 0 saturated carbocycles. The van der Waals surface area contributed by atoms with Crippen LogP contribution in [0.2, 0.25) is 0 Å². The zero-order chi connectivity index (χ0) is 25.1. The third-order valence-corrected chi connectivity index (χ3v) is 7.27. The van der Waals surface area contributed by atoms with Crippen LogP contribution in [0.1, 0.15) is 60.1 Å². The van der Waals surface area contributed by atoms with Crippen molar-refractivity contribution in [2.75, 3.05) is 26.2 Å². The van der Waals surface area contributed by atoms with Crippen molar-refractivity contribution in [2.24, 2.45) is 0 Å². The van der Waals surface area contributed by atoms with Crippen LogP contribution in [0.3, 0.4) is 0 Å². The molecule has 2 fully saturated rings. The van der Waals surface area contributed by atoms with Crippen molar-refractivity contribution in [3.63, 3.8) is 0 Å². The molecule has 4 heterocycles. The van der Waals surface area contributed by atoms with Crippen molar-refractivity contribution < 1.29 is 14.3 Å². The number of rotatable bonds is 10. The van der Waals surface area contributed by atoms with E-state index in [1.54, 1.807) is 12.1 Å². The van der Waals surface area contributed by atoms with Crippen LogP contribution >= 0.6 is 0 Å². The highest BCUT2D eigenvalue weighted by Gasteiger charge is 2.25. The number of Topliss-reactive ketones (excluding diaryl/α,β-unsaturated/α-hetero) is 2. The molecule has 7 nitrogen and oxygen atoms in total. The van der Waals surface area contributed by atoms with Crippen LogP contribution in [0.15, 0.2) is 36.5 Å². The Balaban J connectivity index is 1.46. The highest BCUT2D eigenvalue weighted by Crippen LogP contribution is 2.30. The number of nitrogens with zero attached hydrogens (tertiary/aromatic N) is 4. The fourth-order valence-electron chi connectivity index (χ4n) is 5.17. The normalized spacial score (nSPS) is 17.7. The Kier molecular flexibility index (Phi) is 7.26. The second-order valence-electron chi connectivity index (χ2n) is 9.93. The maximum atomic E-state index is 13.5. The molecule has 0 aliphatic carbocycles. The van der Waals surface area contributed by atoms with Crippen LogP contribution in [0, 0.1) is 13.5 Å². The number of hydrogen-bond donors (Lipinski definition) is 0. The molecule has 1 atom stereocenters. The summed E-state index contributed by atoms with van der Waals surface area (Å²) in [4.78, 5) is 36.4. The fourth-order valence-corrected chi connectivity index (χ4v) is 5.17. The van der Waals surface area contributed by atoms with Crippen molar-refractivity contribution in [3.05, 3.63) is 64.8 Å². The molecule has 3 aromatic rings. The Hall–Kier alpha value is -3.34. The van der Waals surface area contributed by atoms with Crippen LogP contribution in [0.5, 0.6) is 0 Å². The van der Waals surface area contributed by atoms with E-state index in [2.05, 4.69) is 20.4 Å². The maximum absolute atomic E-state index is 13.5. The molecule has 1 unspecified atom stereocenters. The molecule has 186 valence electrons. The number of likely N-dealkylation sites (tertiary alicyclic amines) is 1. The molecule has 0 bridgehead atoms. The number of carbonyl (C=O) groups is 2. The molecule has 0 N–H and O–H groups in total. The van der Waals surface area contributed by atoms with E-state index < -0.39 is 0 Å². The molecule has 7 heteroatoms. The lowest BCUT2D eigenvalue weighted by atomic mass is 10.0.